The number of benzene rings is 2. The molecule has 3 rings (SSSR count). The van der Waals surface area contributed by atoms with Gasteiger partial charge in [0, 0.05) is 24.8 Å². The number of allylic oxidation sites excluding steroid dienone is 1. The van der Waals surface area contributed by atoms with Crippen molar-refractivity contribution in [3.05, 3.63) is 66.5 Å². The van der Waals surface area contributed by atoms with E-state index >= 15 is 0 Å². The second-order valence-electron chi connectivity index (χ2n) is 7.72. The number of ether oxygens (including phenoxy) is 2. The lowest BCUT2D eigenvalue weighted by molar-refractivity contribution is -0.114. The van der Waals surface area contributed by atoms with Crippen LogP contribution in [0.25, 0.3) is 0 Å². The van der Waals surface area contributed by atoms with Gasteiger partial charge < -0.3 is 20.1 Å². The molecule has 2 N–H and O–H groups in total. The summed E-state index contributed by atoms with van der Waals surface area (Å²) in [6, 6.07) is 12.6. The van der Waals surface area contributed by atoms with E-state index in [2.05, 4.69) is 27.4 Å². The number of carbonyl (C=O) groups excluding carboxylic acids is 2. The summed E-state index contributed by atoms with van der Waals surface area (Å²) in [7, 11) is 1.61. The van der Waals surface area contributed by atoms with Crippen molar-refractivity contribution in [2.75, 3.05) is 23.5 Å². The highest BCUT2D eigenvalue weighted by atomic mass is 32.2. The normalized spacial score (nSPS) is 11.4. The van der Waals surface area contributed by atoms with Crippen molar-refractivity contribution >= 4 is 35.0 Å². The molecule has 0 aliphatic carbocycles. The lowest BCUT2D eigenvalue weighted by atomic mass is 10.1. The van der Waals surface area contributed by atoms with Gasteiger partial charge in [0.05, 0.1) is 12.9 Å². The molecule has 1 atom stereocenters. The number of hydrogen-bond acceptors (Lipinski definition) is 7. The van der Waals surface area contributed by atoms with E-state index in [-0.39, 0.29) is 23.7 Å². The number of hydrogen-bond donors (Lipinski definition) is 2. The van der Waals surface area contributed by atoms with Crippen LogP contribution in [0.3, 0.4) is 0 Å². The van der Waals surface area contributed by atoms with Gasteiger partial charge in [-0.2, -0.15) is 0 Å². The summed E-state index contributed by atoms with van der Waals surface area (Å²) < 4.78 is 13.1. The van der Waals surface area contributed by atoms with Crippen molar-refractivity contribution in [1.82, 2.24) is 14.8 Å². The van der Waals surface area contributed by atoms with E-state index in [1.807, 2.05) is 48.7 Å². The number of nitrogens with one attached hydrogen (secondary N) is 2. The van der Waals surface area contributed by atoms with Crippen LogP contribution in [0.5, 0.6) is 11.5 Å². The van der Waals surface area contributed by atoms with E-state index in [1.165, 1.54) is 18.7 Å². The highest BCUT2D eigenvalue weighted by Gasteiger charge is 2.20. The van der Waals surface area contributed by atoms with E-state index < -0.39 is 0 Å². The first-order chi connectivity index (χ1) is 16.8. The highest BCUT2D eigenvalue weighted by molar-refractivity contribution is 7.99. The molecule has 2 aromatic carbocycles. The van der Waals surface area contributed by atoms with Crippen molar-refractivity contribution in [1.29, 1.82) is 0 Å². The zero-order valence-electron chi connectivity index (χ0n) is 20.2. The smallest absolute Gasteiger partial charge is 0.234 e. The minimum absolute atomic E-state index is 0.145. The fraction of sp³-hybridized carbons (Fsp3) is 0.280. The molecule has 1 aromatic heterocycles. The van der Waals surface area contributed by atoms with E-state index in [4.69, 9.17) is 9.47 Å². The molecule has 0 spiro atoms. The number of nitrogens with zero attached hydrogens (tertiary/aromatic N) is 3. The van der Waals surface area contributed by atoms with Crippen LogP contribution >= 0.6 is 11.8 Å². The topological polar surface area (TPSA) is 107 Å². The summed E-state index contributed by atoms with van der Waals surface area (Å²) in [6.07, 6.45) is 1.38. The lowest BCUT2D eigenvalue weighted by Crippen LogP contribution is -2.16. The Morgan fingerprint density at radius 1 is 1.14 bits per heavy atom. The van der Waals surface area contributed by atoms with Crippen LogP contribution in [0.15, 0.2) is 60.3 Å². The first kappa shape index (κ1) is 25.8. The molecule has 10 heteroatoms. The molecule has 0 fully saturated rings. The first-order valence-corrected chi connectivity index (χ1v) is 11.9. The van der Waals surface area contributed by atoms with Gasteiger partial charge >= 0.3 is 0 Å². The maximum Gasteiger partial charge on any atom is 0.234 e. The van der Waals surface area contributed by atoms with Crippen LogP contribution in [0.2, 0.25) is 0 Å². The maximum atomic E-state index is 12.5. The highest BCUT2D eigenvalue weighted by Crippen LogP contribution is 2.26. The monoisotopic (exact) mass is 495 g/mol. The van der Waals surface area contributed by atoms with Gasteiger partial charge in [-0.15, -0.1) is 16.8 Å². The summed E-state index contributed by atoms with van der Waals surface area (Å²) in [5.41, 5.74) is 2.21. The van der Waals surface area contributed by atoms with E-state index in [9.17, 15) is 9.59 Å². The van der Waals surface area contributed by atoms with Crippen LogP contribution in [-0.2, 0) is 16.1 Å². The lowest BCUT2D eigenvalue weighted by Gasteiger charge is -2.16. The Hall–Kier alpha value is -3.79. The van der Waals surface area contributed by atoms with Gasteiger partial charge in [-0.25, -0.2) is 0 Å². The summed E-state index contributed by atoms with van der Waals surface area (Å²) in [5.74, 6) is 1.88. The maximum absolute atomic E-state index is 12.5. The minimum Gasteiger partial charge on any atom is -0.497 e. The van der Waals surface area contributed by atoms with Gasteiger partial charge in [-0.05, 0) is 61.9 Å². The summed E-state index contributed by atoms with van der Waals surface area (Å²) in [6.45, 7) is 9.51. The minimum atomic E-state index is -0.371. The molecule has 0 aliphatic rings. The predicted octanol–water partition coefficient (Wildman–Crippen LogP) is 4.61. The zero-order chi connectivity index (χ0) is 25.4. The van der Waals surface area contributed by atoms with Crippen molar-refractivity contribution in [3.63, 3.8) is 0 Å². The number of methoxy groups -OCH3 is 1. The van der Waals surface area contributed by atoms with Crippen LogP contribution in [0.1, 0.15) is 31.3 Å². The largest absolute Gasteiger partial charge is 0.497 e. The Morgan fingerprint density at radius 2 is 1.86 bits per heavy atom. The number of thioether (sulfide) groups is 1. The van der Waals surface area contributed by atoms with Gasteiger partial charge in [0.1, 0.15) is 11.5 Å². The molecule has 1 unspecified atom stereocenters. The van der Waals surface area contributed by atoms with Gasteiger partial charge in [0.25, 0.3) is 0 Å². The summed E-state index contributed by atoms with van der Waals surface area (Å²) in [4.78, 5) is 23.8. The summed E-state index contributed by atoms with van der Waals surface area (Å²) in [5, 5.41) is 14.8. The van der Waals surface area contributed by atoms with E-state index in [1.54, 1.807) is 25.3 Å². The molecule has 0 aliphatic heterocycles. The Balaban J connectivity index is 1.63. The number of aromatic nitrogens is 3. The molecule has 9 nitrogen and oxygen atoms in total. The molecule has 3 aromatic rings. The van der Waals surface area contributed by atoms with Crippen molar-refractivity contribution in [2.24, 2.45) is 0 Å². The first-order valence-electron chi connectivity index (χ1n) is 11.0. The second kappa shape index (κ2) is 12.1. The quantitative estimate of drug-likeness (QED) is 0.295. The molecule has 184 valence electrons. The third-order valence-corrected chi connectivity index (χ3v) is 5.91. The van der Waals surface area contributed by atoms with Gasteiger partial charge in [0.2, 0.25) is 11.8 Å². The number of anilines is 2. The molecule has 0 radical (unpaired) electrons. The van der Waals surface area contributed by atoms with Gasteiger partial charge in [0.15, 0.2) is 17.1 Å². The van der Waals surface area contributed by atoms with Crippen molar-refractivity contribution in [3.8, 4) is 11.5 Å². The Labute approximate surface area is 208 Å². The molecule has 35 heavy (non-hydrogen) atoms. The van der Waals surface area contributed by atoms with Crippen LogP contribution in [0, 0.1) is 6.92 Å². The molecular weight excluding hydrogens is 466 g/mol. The molecule has 0 bridgehead atoms. The third kappa shape index (κ3) is 7.10. The fourth-order valence-electron chi connectivity index (χ4n) is 3.32. The third-order valence-electron chi connectivity index (χ3n) is 4.95. The predicted molar refractivity (Wildman–Crippen MR) is 137 cm³/mol. The molecule has 2 amide bonds. The number of aryl methyl sites for hydroxylation is 1. The zero-order valence-corrected chi connectivity index (χ0v) is 21.0. The average molecular weight is 496 g/mol. The molecule has 0 saturated carbocycles. The van der Waals surface area contributed by atoms with E-state index in [0.717, 1.165) is 11.3 Å². The van der Waals surface area contributed by atoms with Crippen LogP contribution in [-0.4, -0.2) is 39.4 Å². The fourth-order valence-corrected chi connectivity index (χ4v) is 4.07. The van der Waals surface area contributed by atoms with Gasteiger partial charge in [-0.3, -0.25) is 14.2 Å². The Bertz CT molecular complexity index is 1190. The molecule has 1 heterocycles. The summed E-state index contributed by atoms with van der Waals surface area (Å²) >= 11 is 1.28. The Morgan fingerprint density at radius 3 is 2.49 bits per heavy atom. The number of carbonyl (C=O) groups is 2. The van der Waals surface area contributed by atoms with Crippen LogP contribution < -0.4 is 20.1 Å². The number of rotatable bonds is 11. The van der Waals surface area contributed by atoms with Crippen molar-refractivity contribution in [2.45, 2.75) is 38.6 Å². The van der Waals surface area contributed by atoms with Crippen molar-refractivity contribution < 1.29 is 19.1 Å². The van der Waals surface area contributed by atoms with Crippen LogP contribution in [0.4, 0.5) is 11.4 Å². The SMILES string of the molecule is C=CCn1c(SCC(=O)Nc2ccc(NC(C)=O)c(C)c2)nnc1C(C)Oc1ccc(OC)cc1. The average Bonchev–Trinajstić information content (AvgIpc) is 3.22. The number of amides is 2. The van der Waals surface area contributed by atoms with E-state index in [0.29, 0.717) is 34.6 Å². The standard InChI is InChI=1S/C25H29N5O4S/c1-6-13-30-24(17(3)34-21-10-8-20(33-5)9-11-21)28-29-25(30)35-15-23(32)27-19-7-12-22(16(2)14-19)26-18(4)31/h6-12,14,17H,1,13,15H2,2-5H3,(H,26,31)(H,27,32). The molecular formula is C25H29N5O4S. The Kier molecular flexibility index (Phi) is 8.91. The van der Waals surface area contributed by atoms with Gasteiger partial charge in [-0.1, -0.05) is 17.8 Å². The second-order valence-corrected chi connectivity index (χ2v) is 8.67. The molecule has 0 saturated heterocycles.